The fourth-order valence-electron chi connectivity index (χ4n) is 2.36. The van der Waals surface area contributed by atoms with Gasteiger partial charge in [0.2, 0.25) is 0 Å². The number of H-pyrrole nitrogens is 1. The summed E-state index contributed by atoms with van der Waals surface area (Å²) in [5, 5.41) is 1.09. The summed E-state index contributed by atoms with van der Waals surface area (Å²) < 4.78 is 17.3. The zero-order valence-corrected chi connectivity index (χ0v) is 12.6. The van der Waals surface area contributed by atoms with Gasteiger partial charge in [0.1, 0.15) is 5.75 Å². The Labute approximate surface area is 119 Å². The third-order valence-electron chi connectivity index (χ3n) is 4.36. The van der Waals surface area contributed by atoms with Crippen LogP contribution in [-0.2, 0) is 9.31 Å². The van der Waals surface area contributed by atoms with Crippen LogP contribution in [0.4, 0.5) is 0 Å². The van der Waals surface area contributed by atoms with E-state index in [1.54, 1.807) is 7.11 Å². The van der Waals surface area contributed by atoms with Crippen LogP contribution in [0.5, 0.6) is 5.75 Å². The molecule has 1 aromatic carbocycles. The first kappa shape index (κ1) is 13.5. The number of benzene rings is 1. The van der Waals surface area contributed by atoms with Crippen molar-refractivity contribution in [2.75, 3.05) is 7.11 Å². The van der Waals surface area contributed by atoms with E-state index in [-0.39, 0.29) is 18.3 Å². The molecule has 1 saturated heterocycles. The topological polar surface area (TPSA) is 43.5 Å². The highest BCUT2D eigenvalue weighted by Crippen LogP contribution is 2.36. The number of rotatable bonds is 2. The lowest BCUT2D eigenvalue weighted by molar-refractivity contribution is 0.00578. The van der Waals surface area contributed by atoms with Crippen molar-refractivity contribution in [3.8, 4) is 5.75 Å². The molecule has 4 nitrogen and oxygen atoms in total. The lowest BCUT2D eigenvalue weighted by Gasteiger charge is -2.32. The second-order valence-electron chi connectivity index (χ2n) is 6.27. The second-order valence-corrected chi connectivity index (χ2v) is 6.27. The van der Waals surface area contributed by atoms with Gasteiger partial charge in [-0.15, -0.1) is 0 Å². The number of methoxy groups -OCH3 is 1. The smallest absolute Gasteiger partial charge is 0.497 e. The average molecular weight is 273 g/mol. The van der Waals surface area contributed by atoms with E-state index in [4.69, 9.17) is 14.0 Å². The van der Waals surface area contributed by atoms with Crippen LogP contribution >= 0.6 is 0 Å². The minimum absolute atomic E-state index is 0.327. The Bertz CT molecular complexity index is 632. The van der Waals surface area contributed by atoms with E-state index in [2.05, 4.69) is 38.7 Å². The molecular formula is C15H20BNO3. The molecule has 0 atom stereocenters. The fourth-order valence-corrected chi connectivity index (χ4v) is 2.36. The fraction of sp³-hybridized carbons (Fsp3) is 0.467. The van der Waals surface area contributed by atoms with Gasteiger partial charge in [0.15, 0.2) is 0 Å². The number of aromatic amines is 1. The number of fused-ring (bicyclic) bond motifs is 1. The number of hydrogen-bond donors (Lipinski definition) is 1. The summed E-state index contributed by atoms with van der Waals surface area (Å²) in [7, 11) is 1.31. The highest BCUT2D eigenvalue weighted by molar-refractivity contribution is 6.61. The van der Waals surface area contributed by atoms with Crippen LogP contribution in [0, 0.1) is 0 Å². The summed E-state index contributed by atoms with van der Waals surface area (Å²) in [5.41, 5.74) is 1.33. The van der Waals surface area contributed by atoms with Gasteiger partial charge in [-0.3, -0.25) is 0 Å². The van der Waals surface area contributed by atoms with Gasteiger partial charge >= 0.3 is 7.12 Å². The second kappa shape index (κ2) is 4.27. The zero-order chi connectivity index (χ0) is 14.5. The van der Waals surface area contributed by atoms with Crippen molar-refractivity contribution < 1.29 is 14.0 Å². The molecule has 0 radical (unpaired) electrons. The Kier molecular flexibility index (Phi) is 2.89. The van der Waals surface area contributed by atoms with Crippen molar-refractivity contribution in [2.24, 2.45) is 0 Å². The molecule has 0 amide bonds. The molecule has 0 saturated carbocycles. The van der Waals surface area contributed by atoms with Crippen LogP contribution in [0.15, 0.2) is 24.3 Å². The minimum Gasteiger partial charge on any atom is -0.497 e. The first-order chi connectivity index (χ1) is 9.32. The van der Waals surface area contributed by atoms with Gasteiger partial charge in [-0.25, -0.2) is 0 Å². The normalized spacial score (nSPS) is 20.6. The Morgan fingerprint density at radius 1 is 1.05 bits per heavy atom. The highest BCUT2D eigenvalue weighted by Gasteiger charge is 2.52. The Balaban J connectivity index is 1.96. The van der Waals surface area contributed by atoms with Crippen LogP contribution in [-0.4, -0.2) is 30.4 Å². The summed E-state index contributed by atoms with van der Waals surface area (Å²) >= 11 is 0. The van der Waals surface area contributed by atoms with E-state index in [1.165, 1.54) is 0 Å². The van der Waals surface area contributed by atoms with Gasteiger partial charge in [0, 0.05) is 16.5 Å². The van der Waals surface area contributed by atoms with E-state index < -0.39 is 0 Å². The molecule has 20 heavy (non-hydrogen) atoms. The quantitative estimate of drug-likeness (QED) is 0.855. The predicted octanol–water partition coefficient (Wildman–Crippen LogP) is 2.48. The average Bonchev–Trinajstić information content (AvgIpc) is 2.87. The van der Waals surface area contributed by atoms with Gasteiger partial charge in [-0.1, -0.05) is 0 Å². The van der Waals surface area contributed by atoms with Crippen LogP contribution in [0.1, 0.15) is 27.7 Å². The van der Waals surface area contributed by atoms with Gasteiger partial charge in [-0.2, -0.15) is 0 Å². The summed E-state index contributed by atoms with van der Waals surface area (Å²) in [5.74, 6) is 0.844. The van der Waals surface area contributed by atoms with Crippen LogP contribution in [0.25, 0.3) is 10.9 Å². The molecule has 1 aliphatic heterocycles. The first-order valence-corrected chi connectivity index (χ1v) is 6.85. The van der Waals surface area contributed by atoms with E-state index in [1.807, 2.05) is 18.2 Å². The van der Waals surface area contributed by atoms with Gasteiger partial charge in [0.25, 0.3) is 0 Å². The molecule has 1 aromatic heterocycles. The van der Waals surface area contributed by atoms with Crippen molar-refractivity contribution >= 4 is 23.6 Å². The summed E-state index contributed by atoms with van der Waals surface area (Å²) in [4.78, 5) is 3.36. The zero-order valence-electron chi connectivity index (χ0n) is 12.6. The van der Waals surface area contributed by atoms with E-state index in [0.717, 1.165) is 22.2 Å². The molecule has 2 aromatic rings. The Hall–Kier alpha value is -1.46. The van der Waals surface area contributed by atoms with Gasteiger partial charge < -0.3 is 19.0 Å². The number of hydrogen-bond acceptors (Lipinski definition) is 3. The number of ether oxygens (including phenoxy) is 1. The number of aromatic nitrogens is 1. The maximum atomic E-state index is 6.05. The van der Waals surface area contributed by atoms with Gasteiger partial charge in [0.05, 0.1) is 18.3 Å². The number of nitrogens with one attached hydrogen (secondary N) is 1. The maximum Gasteiger partial charge on any atom is 0.512 e. The Morgan fingerprint density at radius 2 is 1.70 bits per heavy atom. The van der Waals surface area contributed by atoms with Crippen LogP contribution in [0.3, 0.4) is 0 Å². The SMILES string of the molecule is COc1ccc2[nH]c(B3OC(C)(C)C(C)(C)O3)cc2c1. The molecule has 1 aliphatic rings. The third-order valence-corrected chi connectivity index (χ3v) is 4.36. The summed E-state index contributed by atoms with van der Waals surface area (Å²) in [6.07, 6.45) is 0. The standard InChI is InChI=1S/C15H20BNO3/c1-14(2)15(3,4)20-16(19-14)13-9-10-8-11(18-5)6-7-12(10)17-13/h6-9,17H,1-5H3. The predicted molar refractivity (Wildman–Crippen MR) is 80.6 cm³/mol. The lowest BCUT2D eigenvalue weighted by Crippen LogP contribution is -2.41. The largest absolute Gasteiger partial charge is 0.512 e. The molecule has 2 heterocycles. The molecule has 0 aliphatic carbocycles. The highest BCUT2D eigenvalue weighted by atomic mass is 16.7. The molecule has 0 unspecified atom stereocenters. The van der Waals surface area contributed by atoms with Crippen LogP contribution < -0.4 is 10.3 Å². The summed E-state index contributed by atoms with van der Waals surface area (Å²) in [6, 6.07) is 8.00. The Morgan fingerprint density at radius 3 is 2.30 bits per heavy atom. The molecule has 0 bridgehead atoms. The first-order valence-electron chi connectivity index (χ1n) is 6.85. The molecule has 1 fully saturated rings. The van der Waals surface area contributed by atoms with E-state index in [0.29, 0.717) is 0 Å². The van der Waals surface area contributed by atoms with Crippen molar-refractivity contribution in [3.63, 3.8) is 0 Å². The van der Waals surface area contributed by atoms with Crippen molar-refractivity contribution in [2.45, 2.75) is 38.9 Å². The monoisotopic (exact) mass is 273 g/mol. The molecule has 1 N–H and O–H groups in total. The minimum atomic E-state index is -0.363. The van der Waals surface area contributed by atoms with Crippen molar-refractivity contribution in [1.29, 1.82) is 0 Å². The maximum absolute atomic E-state index is 6.05. The molecule has 106 valence electrons. The molecule has 0 spiro atoms. The molecule has 3 rings (SSSR count). The summed E-state index contributed by atoms with van der Waals surface area (Å²) in [6.45, 7) is 8.22. The lowest BCUT2D eigenvalue weighted by atomic mass is 9.85. The van der Waals surface area contributed by atoms with E-state index >= 15 is 0 Å². The van der Waals surface area contributed by atoms with Crippen molar-refractivity contribution in [1.82, 2.24) is 4.98 Å². The molecular weight excluding hydrogens is 253 g/mol. The van der Waals surface area contributed by atoms with Crippen molar-refractivity contribution in [3.05, 3.63) is 24.3 Å². The third kappa shape index (κ3) is 2.01. The van der Waals surface area contributed by atoms with Gasteiger partial charge in [-0.05, 0) is 52.0 Å². The molecule has 5 heteroatoms. The van der Waals surface area contributed by atoms with Crippen LogP contribution in [0.2, 0.25) is 0 Å². The van der Waals surface area contributed by atoms with E-state index in [9.17, 15) is 0 Å².